The summed E-state index contributed by atoms with van der Waals surface area (Å²) in [5.74, 6) is -0.620. The van der Waals surface area contributed by atoms with E-state index in [1.807, 2.05) is 0 Å². The lowest BCUT2D eigenvalue weighted by atomic mass is 10.1. The van der Waals surface area contributed by atoms with Crippen molar-refractivity contribution in [2.75, 3.05) is 12.3 Å². The number of nitrogen functional groups attached to an aromatic ring is 1. The Morgan fingerprint density at radius 3 is 2.78 bits per heavy atom. The fraction of sp³-hybridized carbons (Fsp3) is 0.333. The summed E-state index contributed by atoms with van der Waals surface area (Å²) < 4.78 is 10.2. The molecule has 0 spiro atoms. The molecule has 0 radical (unpaired) electrons. The van der Waals surface area contributed by atoms with Crippen LogP contribution in [0.2, 0.25) is 5.02 Å². The van der Waals surface area contributed by atoms with Crippen molar-refractivity contribution >= 4 is 34.4 Å². The SMILES string of the molecule is CCOC(=O)c1oc2nc(C)c(Cl)c(C)c2c1N. The Kier molecular flexibility index (Phi) is 3.17. The number of pyridine rings is 1. The minimum Gasteiger partial charge on any atom is -0.460 e. The number of furan rings is 1. The van der Waals surface area contributed by atoms with Crippen molar-refractivity contribution in [3.63, 3.8) is 0 Å². The van der Waals surface area contributed by atoms with E-state index in [9.17, 15) is 4.79 Å². The number of anilines is 1. The van der Waals surface area contributed by atoms with E-state index in [1.165, 1.54) is 0 Å². The fourth-order valence-corrected chi connectivity index (χ4v) is 1.94. The second kappa shape index (κ2) is 4.49. The van der Waals surface area contributed by atoms with E-state index in [0.717, 1.165) is 5.56 Å². The average molecular weight is 269 g/mol. The highest BCUT2D eigenvalue weighted by Crippen LogP contribution is 2.34. The van der Waals surface area contributed by atoms with Gasteiger partial charge < -0.3 is 14.9 Å². The summed E-state index contributed by atoms with van der Waals surface area (Å²) >= 11 is 6.10. The van der Waals surface area contributed by atoms with Gasteiger partial charge in [-0.2, -0.15) is 0 Å². The molecule has 2 aromatic rings. The number of aromatic nitrogens is 1. The first kappa shape index (κ1) is 12.7. The Morgan fingerprint density at radius 1 is 1.50 bits per heavy atom. The molecular weight excluding hydrogens is 256 g/mol. The number of esters is 1. The number of hydrogen-bond acceptors (Lipinski definition) is 5. The number of carbonyl (C=O) groups is 1. The van der Waals surface area contributed by atoms with E-state index >= 15 is 0 Å². The molecule has 2 aromatic heterocycles. The van der Waals surface area contributed by atoms with Crippen LogP contribution in [0.4, 0.5) is 5.69 Å². The van der Waals surface area contributed by atoms with Crippen LogP contribution in [0.3, 0.4) is 0 Å². The first-order valence-corrected chi connectivity index (χ1v) is 5.87. The summed E-state index contributed by atoms with van der Waals surface area (Å²) in [5.41, 5.74) is 7.79. The predicted octanol–water partition coefficient (Wildman–Crippen LogP) is 2.86. The molecule has 0 amide bonds. The molecule has 0 atom stereocenters. The molecule has 96 valence electrons. The Labute approximate surface area is 109 Å². The second-order valence-corrected chi connectivity index (χ2v) is 4.26. The maximum Gasteiger partial charge on any atom is 0.376 e. The van der Waals surface area contributed by atoms with Crippen molar-refractivity contribution in [3.05, 3.63) is 22.0 Å². The Hall–Kier alpha value is -1.75. The van der Waals surface area contributed by atoms with Crippen LogP contribution in [0.1, 0.15) is 28.7 Å². The summed E-state index contributed by atoms with van der Waals surface area (Å²) in [4.78, 5) is 15.8. The van der Waals surface area contributed by atoms with E-state index < -0.39 is 5.97 Å². The van der Waals surface area contributed by atoms with Crippen LogP contribution in [0.25, 0.3) is 11.1 Å². The summed E-state index contributed by atoms with van der Waals surface area (Å²) in [7, 11) is 0. The molecule has 0 fully saturated rings. The van der Waals surface area contributed by atoms with Crippen LogP contribution < -0.4 is 5.73 Å². The first-order valence-electron chi connectivity index (χ1n) is 5.49. The highest BCUT2D eigenvalue weighted by molar-refractivity contribution is 6.33. The lowest BCUT2D eigenvalue weighted by Gasteiger charge is -2.02. The largest absolute Gasteiger partial charge is 0.460 e. The summed E-state index contributed by atoms with van der Waals surface area (Å²) in [6, 6.07) is 0. The maximum atomic E-state index is 11.7. The molecule has 5 nitrogen and oxygen atoms in total. The molecule has 6 heteroatoms. The molecule has 0 aliphatic heterocycles. The molecule has 0 aromatic carbocycles. The molecule has 0 saturated carbocycles. The van der Waals surface area contributed by atoms with Crippen molar-refractivity contribution < 1.29 is 13.9 Å². The molecule has 0 saturated heterocycles. The quantitative estimate of drug-likeness (QED) is 0.847. The van der Waals surface area contributed by atoms with Gasteiger partial charge in [-0.25, -0.2) is 9.78 Å². The highest BCUT2D eigenvalue weighted by atomic mass is 35.5. The second-order valence-electron chi connectivity index (χ2n) is 3.88. The molecule has 0 bridgehead atoms. The fourth-order valence-electron chi connectivity index (χ4n) is 1.80. The smallest absolute Gasteiger partial charge is 0.376 e. The number of hydrogen-bond donors (Lipinski definition) is 1. The van der Waals surface area contributed by atoms with Gasteiger partial charge in [0.1, 0.15) is 0 Å². The maximum absolute atomic E-state index is 11.7. The van der Waals surface area contributed by atoms with Crippen LogP contribution in [0.15, 0.2) is 4.42 Å². The predicted molar refractivity (Wildman–Crippen MR) is 68.9 cm³/mol. The molecule has 0 aliphatic rings. The number of rotatable bonds is 2. The van der Waals surface area contributed by atoms with E-state index in [-0.39, 0.29) is 18.1 Å². The third-order valence-electron chi connectivity index (χ3n) is 2.68. The zero-order chi connectivity index (χ0) is 13.4. The van der Waals surface area contributed by atoms with Crippen LogP contribution in [-0.2, 0) is 4.74 Å². The van der Waals surface area contributed by atoms with Crippen molar-refractivity contribution in [1.82, 2.24) is 4.98 Å². The normalized spacial score (nSPS) is 10.9. The van der Waals surface area contributed by atoms with E-state index in [1.54, 1.807) is 20.8 Å². The lowest BCUT2D eigenvalue weighted by molar-refractivity contribution is 0.0494. The van der Waals surface area contributed by atoms with E-state index in [2.05, 4.69) is 4.98 Å². The number of ether oxygens (including phenoxy) is 1. The van der Waals surface area contributed by atoms with Crippen molar-refractivity contribution in [1.29, 1.82) is 0 Å². The molecule has 0 aliphatic carbocycles. The number of fused-ring (bicyclic) bond motifs is 1. The van der Waals surface area contributed by atoms with E-state index in [0.29, 0.717) is 21.8 Å². The van der Waals surface area contributed by atoms with Gasteiger partial charge in [0.15, 0.2) is 0 Å². The molecule has 0 unspecified atom stereocenters. The van der Waals surface area contributed by atoms with Gasteiger partial charge >= 0.3 is 5.97 Å². The summed E-state index contributed by atoms with van der Waals surface area (Å²) in [5, 5.41) is 1.08. The van der Waals surface area contributed by atoms with Gasteiger partial charge in [0, 0.05) is 0 Å². The van der Waals surface area contributed by atoms with Gasteiger partial charge in [0.2, 0.25) is 11.5 Å². The van der Waals surface area contributed by atoms with Crippen LogP contribution in [0, 0.1) is 13.8 Å². The van der Waals surface area contributed by atoms with Gasteiger partial charge in [0.25, 0.3) is 0 Å². The van der Waals surface area contributed by atoms with Crippen LogP contribution >= 0.6 is 11.6 Å². The van der Waals surface area contributed by atoms with Crippen molar-refractivity contribution in [2.24, 2.45) is 0 Å². The van der Waals surface area contributed by atoms with Crippen molar-refractivity contribution in [2.45, 2.75) is 20.8 Å². The zero-order valence-corrected chi connectivity index (χ0v) is 11.1. The van der Waals surface area contributed by atoms with Gasteiger partial charge in [-0.05, 0) is 26.3 Å². The highest BCUT2D eigenvalue weighted by Gasteiger charge is 2.23. The third kappa shape index (κ3) is 1.80. The molecule has 2 N–H and O–H groups in total. The average Bonchev–Trinajstić information content (AvgIpc) is 2.64. The lowest BCUT2D eigenvalue weighted by Crippen LogP contribution is -2.05. The number of carbonyl (C=O) groups excluding carboxylic acids is 1. The minimum atomic E-state index is -0.596. The Morgan fingerprint density at radius 2 is 2.17 bits per heavy atom. The topological polar surface area (TPSA) is 78.3 Å². The number of aryl methyl sites for hydroxylation is 2. The van der Waals surface area contributed by atoms with Crippen LogP contribution in [0.5, 0.6) is 0 Å². The standard InChI is InChI=1S/C12H13ClN2O3/c1-4-17-12(16)10-9(14)7-5(2)8(13)6(3)15-11(7)18-10/h4,14H2,1-3H3. The van der Waals surface area contributed by atoms with E-state index in [4.69, 9.17) is 26.5 Å². The Balaban J connectivity index is 2.71. The number of nitrogens with two attached hydrogens (primary N) is 1. The molecular formula is C12H13ClN2O3. The van der Waals surface area contributed by atoms with Crippen molar-refractivity contribution in [3.8, 4) is 0 Å². The molecule has 2 heterocycles. The first-order chi connectivity index (χ1) is 8.47. The number of nitrogens with zero attached hydrogens (tertiary/aromatic N) is 1. The summed E-state index contributed by atoms with van der Waals surface area (Å²) in [6.45, 7) is 5.53. The molecule has 18 heavy (non-hydrogen) atoms. The Bertz CT molecular complexity index is 634. The monoisotopic (exact) mass is 268 g/mol. The number of halogens is 1. The van der Waals surface area contributed by atoms with Gasteiger partial charge in [0.05, 0.1) is 28.4 Å². The minimum absolute atomic E-state index is 0.0240. The van der Waals surface area contributed by atoms with Crippen LogP contribution in [-0.4, -0.2) is 17.6 Å². The van der Waals surface area contributed by atoms with Gasteiger partial charge in [-0.1, -0.05) is 11.6 Å². The third-order valence-corrected chi connectivity index (χ3v) is 3.24. The molecule has 2 rings (SSSR count). The van der Waals surface area contributed by atoms with Gasteiger partial charge in [-0.15, -0.1) is 0 Å². The van der Waals surface area contributed by atoms with Gasteiger partial charge in [-0.3, -0.25) is 0 Å². The zero-order valence-electron chi connectivity index (χ0n) is 10.3. The summed E-state index contributed by atoms with van der Waals surface area (Å²) in [6.07, 6.45) is 0.